The van der Waals surface area contributed by atoms with E-state index in [1.54, 1.807) is 0 Å². The van der Waals surface area contributed by atoms with Crippen LogP contribution in [-0.2, 0) is 10.0 Å². The number of nitrogens with zero attached hydrogens (tertiary/aromatic N) is 2. The monoisotopic (exact) mass is 285 g/mol. The predicted molar refractivity (Wildman–Crippen MR) is 69.1 cm³/mol. The largest absolute Gasteiger partial charge is 0.327 e. The summed E-state index contributed by atoms with van der Waals surface area (Å²) in [6, 6.07) is 4.75. The normalized spacial score (nSPS) is 21.2. The first-order valence-electron chi connectivity index (χ1n) is 5.91. The molecule has 1 aromatic rings. The first-order valence-corrected chi connectivity index (χ1v) is 7.35. The van der Waals surface area contributed by atoms with Crippen molar-refractivity contribution in [3.63, 3.8) is 0 Å². The summed E-state index contributed by atoms with van der Waals surface area (Å²) in [6.45, 7) is 0.729. The van der Waals surface area contributed by atoms with Crippen LogP contribution in [-0.4, -0.2) is 36.8 Å². The Morgan fingerprint density at radius 2 is 1.95 bits per heavy atom. The van der Waals surface area contributed by atoms with Gasteiger partial charge in [-0.25, -0.2) is 8.42 Å². The first-order chi connectivity index (χ1) is 8.91. The zero-order valence-corrected chi connectivity index (χ0v) is 11.0. The Kier molecular flexibility index (Phi) is 3.83. The number of hydrogen-bond donors (Lipinski definition) is 1. The molecule has 0 saturated carbocycles. The maximum Gasteiger partial charge on any atom is 0.269 e. The average Bonchev–Trinajstić information content (AvgIpc) is 2.39. The van der Waals surface area contributed by atoms with Crippen molar-refractivity contribution in [2.75, 3.05) is 13.1 Å². The molecule has 0 bridgehead atoms. The van der Waals surface area contributed by atoms with Crippen LogP contribution in [0, 0.1) is 10.1 Å². The number of nitro groups is 1. The van der Waals surface area contributed by atoms with E-state index in [9.17, 15) is 18.5 Å². The number of nitrogens with two attached hydrogens (primary N) is 1. The summed E-state index contributed by atoms with van der Waals surface area (Å²) >= 11 is 0. The SMILES string of the molecule is N[C@H]1CCCN(S(=O)(=O)c2ccc([N+](=O)[O-])cc2)C1. The standard InChI is InChI=1S/C11H15N3O4S/c12-9-2-1-7-13(8-9)19(17,18)11-5-3-10(4-6-11)14(15)16/h3-6,9H,1-2,7-8,12H2/t9-/m0/s1. The Morgan fingerprint density at radius 1 is 1.32 bits per heavy atom. The van der Waals surface area contributed by atoms with Gasteiger partial charge >= 0.3 is 0 Å². The number of piperidine rings is 1. The summed E-state index contributed by atoms with van der Waals surface area (Å²) in [5.74, 6) is 0. The van der Waals surface area contributed by atoms with Crippen molar-refractivity contribution in [1.82, 2.24) is 4.31 Å². The third kappa shape index (κ3) is 2.91. The number of benzene rings is 1. The molecule has 0 spiro atoms. The second-order valence-corrected chi connectivity index (χ2v) is 6.45. The topological polar surface area (TPSA) is 107 Å². The van der Waals surface area contributed by atoms with Crippen LogP contribution in [0.15, 0.2) is 29.2 Å². The molecular weight excluding hydrogens is 270 g/mol. The van der Waals surface area contributed by atoms with Gasteiger partial charge in [-0.2, -0.15) is 4.31 Å². The number of sulfonamides is 1. The van der Waals surface area contributed by atoms with Gasteiger partial charge in [0.2, 0.25) is 10.0 Å². The van der Waals surface area contributed by atoms with Crippen molar-refractivity contribution in [3.8, 4) is 0 Å². The Labute approximate surface area is 111 Å². The van der Waals surface area contributed by atoms with E-state index in [1.807, 2.05) is 0 Å². The van der Waals surface area contributed by atoms with Crippen LogP contribution < -0.4 is 5.73 Å². The molecule has 2 N–H and O–H groups in total. The highest BCUT2D eigenvalue weighted by Crippen LogP contribution is 2.22. The lowest BCUT2D eigenvalue weighted by atomic mass is 10.1. The molecule has 1 aliphatic rings. The number of hydrogen-bond acceptors (Lipinski definition) is 5. The van der Waals surface area contributed by atoms with Gasteiger partial charge in [-0.1, -0.05) is 0 Å². The highest BCUT2D eigenvalue weighted by molar-refractivity contribution is 7.89. The summed E-state index contributed by atoms with van der Waals surface area (Å²) < 4.78 is 26.0. The van der Waals surface area contributed by atoms with Gasteiger partial charge in [0.05, 0.1) is 9.82 Å². The third-order valence-electron chi connectivity index (χ3n) is 3.11. The van der Waals surface area contributed by atoms with Gasteiger partial charge in [0, 0.05) is 31.3 Å². The van der Waals surface area contributed by atoms with E-state index in [1.165, 1.54) is 28.6 Å². The molecule has 1 aromatic carbocycles. The smallest absolute Gasteiger partial charge is 0.269 e. The van der Waals surface area contributed by atoms with Crippen molar-refractivity contribution in [1.29, 1.82) is 0 Å². The number of rotatable bonds is 3. The van der Waals surface area contributed by atoms with Gasteiger partial charge in [-0.3, -0.25) is 10.1 Å². The van der Waals surface area contributed by atoms with Gasteiger partial charge in [0.25, 0.3) is 5.69 Å². The minimum atomic E-state index is -3.61. The Hall–Kier alpha value is -1.51. The zero-order valence-electron chi connectivity index (χ0n) is 10.2. The van der Waals surface area contributed by atoms with Crippen LogP contribution in [0.1, 0.15) is 12.8 Å². The van der Waals surface area contributed by atoms with Crippen molar-refractivity contribution >= 4 is 15.7 Å². The first kappa shape index (κ1) is 13.9. The summed E-state index contributed by atoms with van der Waals surface area (Å²) in [7, 11) is -3.61. The van der Waals surface area contributed by atoms with Crippen molar-refractivity contribution in [2.24, 2.45) is 5.73 Å². The number of nitro benzene ring substituents is 1. The van der Waals surface area contributed by atoms with Crippen LogP contribution in [0.3, 0.4) is 0 Å². The number of non-ortho nitro benzene ring substituents is 1. The van der Waals surface area contributed by atoms with Gasteiger partial charge in [-0.05, 0) is 25.0 Å². The lowest BCUT2D eigenvalue weighted by Crippen LogP contribution is -2.45. The molecule has 0 unspecified atom stereocenters. The molecule has 0 radical (unpaired) electrons. The van der Waals surface area contributed by atoms with Crippen molar-refractivity contribution in [2.45, 2.75) is 23.8 Å². The van der Waals surface area contributed by atoms with E-state index in [2.05, 4.69) is 0 Å². The molecule has 1 atom stereocenters. The highest BCUT2D eigenvalue weighted by Gasteiger charge is 2.29. The molecule has 1 heterocycles. The molecular formula is C11H15N3O4S. The van der Waals surface area contributed by atoms with Crippen LogP contribution >= 0.6 is 0 Å². The molecule has 19 heavy (non-hydrogen) atoms. The predicted octanol–water partition coefficient (Wildman–Crippen LogP) is 0.707. The Bertz CT molecular complexity index is 570. The molecule has 0 aliphatic carbocycles. The summed E-state index contributed by atoms with van der Waals surface area (Å²) in [5, 5.41) is 10.5. The maximum atomic E-state index is 12.3. The second kappa shape index (κ2) is 5.24. The summed E-state index contributed by atoms with van der Waals surface area (Å²) in [4.78, 5) is 10.0. The Morgan fingerprint density at radius 3 is 2.47 bits per heavy atom. The van der Waals surface area contributed by atoms with E-state index < -0.39 is 14.9 Å². The second-order valence-electron chi connectivity index (χ2n) is 4.52. The fourth-order valence-corrected chi connectivity index (χ4v) is 3.62. The summed E-state index contributed by atoms with van der Waals surface area (Å²) in [5.41, 5.74) is 5.64. The quantitative estimate of drug-likeness (QED) is 0.650. The molecule has 2 rings (SSSR count). The highest BCUT2D eigenvalue weighted by atomic mass is 32.2. The fourth-order valence-electron chi connectivity index (χ4n) is 2.08. The molecule has 104 valence electrons. The molecule has 0 aromatic heterocycles. The minimum Gasteiger partial charge on any atom is -0.327 e. The van der Waals surface area contributed by atoms with Crippen LogP contribution in [0.25, 0.3) is 0 Å². The molecule has 1 aliphatic heterocycles. The molecule has 1 fully saturated rings. The summed E-state index contributed by atoms with van der Waals surface area (Å²) in [6.07, 6.45) is 1.54. The maximum absolute atomic E-state index is 12.3. The van der Waals surface area contributed by atoms with Gasteiger partial charge in [0.15, 0.2) is 0 Å². The van der Waals surface area contributed by atoms with E-state index in [4.69, 9.17) is 5.73 Å². The molecule has 7 nitrogen and oxygen atoms in total. The fraction of sp³-hybridized carbons (Fsp3) is 0.455. The van der Waals surface area contributed by atoms with Crippen molar-refractivity contribution < 1.29 is 13.3 Å². The lowest BCUT2D eigenvalue weighted by Gasteiger charge is -2.29. The van der Waals surface area contributed by atoms with Gasteiger partial charge in [-0.15, -0.1) is 0 Å². The minimum absolute atomic E-state index is 0.0622. The van der Waals surface area contributed by atoms with E-state index in [-0.39, 0.29) is 16.6 Å². The Balaban J connectivity index is 2.26. The zero-order chi connectivity index (χ0) is 14.0. The van der Waals surface area contributed by atoms with Gasteiger partial charge < -0.3 is 5.73 Å². The molecule has 8 heteroatoms. The van der Waals surface area contributed by atoms with Crippen LogP contribution in [0.2, 0.25) is 0 Å². The van der Waals surface area contributed by atoms with E-state index >= 15 is 0 Å². The van der Waals surface area contributed by atoms with Crippen molar-refractivity contribution in [3.05, 3.63) is 34.4 Å². The molecule has 1 saturated heterocycles. The molecule has 0 amide bonds. The van der Waals surface area contributed by atoms with Gasteiger partial charge in [0.1, 0.15) is 0 Å². The van der Waals surface area contributed by atoms with Crippen LogP contribution in [0.5, 0.6) is 0 Å². The average molecular weight is 285 g/mol. The van der Waals surface area contributed by atoms with Crippen LogP contribution in [0.4, 0.5) is 5.69 Å². The lowest BCUT2D eigenvalue weighted by molar-refractivity contribution is -0.384. The van der Waals surface area contributed by atoms with E-state index in [0.29, 0.717) is 13.1 Å². The van der Waals surface area contributed by atoms with E-state index in [0.717, 1.165) is 12.8 Å². The third-order valence-corrected chi connectivity index (χ3v) is 4.99.